The van der Waals surface area contributed by atoms with Crippen molar-refractivity contribution in [1.29, 1.82) is 0 Å². The van der Waals surface area contributed by atoms with E-state index >= 15 is 0 Å². The molecule has 0 unspecified atom stereocenters. The van der Waals surface area contributed by atoms with Gasteiger partial charge in [-0.1, -0.05) is 0 Å². The largest absolute Gasteiger partial charge is 0.285 e. The highest BCUT2D eigenvalue weighted by molar-refractivity contribution is 8.00. The second kappa shape index (κ2) is 5.93. The van der Waals surface area contributed by atoms with Crippen molar-refractivity contribution in [2.45, 2.75) is 0 Å². The van der Waals surface area contributed by atoms with Crippen LogP contribution in [0.1, 0.15) is 0 Å². The Morgan fingerprint density at radius 3 is 1.47 bits per heavy atom. The van der Waals surface area contributed by atoms with Crippen LogP contribution < -0.4 is 0 Å². The van der Waals surface area contributed by atoms with E-state index in [0.29, 0.717) is 12.2 Å². The Labute approximate surface area is 86.3 Å². The number of hydrogen-bond donors (Lipinski definition) is 0. The predicted molar refractivity (Wildman–Crippen MR) is 49.2 cm³/mol. The lowest BCUT2D eigenvalue weighted by Gasteiger charge is -2.01. The molecule has 0 bridgehead atoms. The average Bonchev–Trinajstić information content (AvgIpc) is 2.10. The van der Waals surface area contributed by atoms with E-state index in [-0.39, 0.29) is 12.7 Å². The van der Waals surface area contributed by atoms with Crippen LogP contribution in [-0.4, -0.2) is 28.3 Å². The van der Waals surface area contributed by atoms with E-state index in [4.69, 9.17) is 0 Å². The fourth-order valence-corrected chi connectivity index (χ4v) is 2.85. The Kier molecular flexibility index (Phi) is 5.61. The van der Waals surface area contributed by atoms with Crippen molar-refractivity contribution in [2.75, 3.05) is 11.5 Å². The first kappa shape index (κ1) is 14.2. The SMILES string of the molecule is O=S(=O)(CC=CF)OS(=O)(=O)CC=CF. The highest BCUT2D eigenvalue weighted by Crippen LogP contribution is 2.03. The van der Waals surface area contributed by atoms with Gasteiger partial charge in [-0.2, -0.15) is 16.8 Å². The van der Waals surface area contributed by atoms with Crippen LogP contribution in [0.2, 0.25) is 0 Å². The molecule has 0 aliphatic carbocycles. The minimum absolute atomic E-state index is 0.0605. The van der Waals surface area contributed by atoms with Gasteiger partial charge in [0.1, 0.15) is 0 Å². The maximum absolute atomic E-state index is 11.4. The van der Waals surface area contributed by atoms with Crippen molar-refractivity contribution in [3.8, 4) is 0 Å². The molecule has 9 heteroatoms. The van der Waals surface area contributed by atoms with E-state index in [1.807, 2.05) is 0 Å². The van der Waals surface area contributed by atoms with E-state index in [9.17, 15) is 25.6 Å². The summed E-state index contributed by atoms with van der Waals surface area (Å²) >= 11 is 0. The summed E-state index contributed by atoms with van der Waals surface area (Å²) in [6, 6.07) is 0. The summed E-state index contributed by atoms with van der Waals surface area (Å²) in [4.78, 5) is 0. The fraction of sp³-hybridized carbons (Fsp3) is 0.333. The zero-order chi connectivity index (χ0) is 11.9. The van der Waals surface area contributed by atoms with E-state index < -0.39 is 31.7 Å². The van der Waals surface area contributed by atoms with Crippen LogP contribution in [0.4, 0.5) is 8.78 Å². The van der Waals surface area contributed by atoms with E-state index in [1.165, 1.54) is 0 Å². The van der Waals surface area contributed by atoms with Gasteiger partial charge in [0.25, 0.3) is 20.2 Å². The predicted octanol–water partition coefficient (Wildman–Crippen LogP) is 0.629. The average molecular weight is 262 g/mol. The molecular weight excluding hydrogens is 254 g/mol. The van der Waals surface area contributed by atoms with Gasteiger partial charge in [0.2, 0.25) is 0 Å². The molecule has 0 N–H and O–H groups in total. The van der Waals surface area contributed by atoms with Crippen molar-refractivity contribution >= 4 is 20.2 Å². The van der Waals surface area contributed by atoms with Gasteiger partial charge in [-0.3, -0.25) is 0 Å². The zero-order valence-electron chi connectivity index (χ0n) is 7.34. The second-order valence-electron chi connectivity index (χ2n) is 2.24. The summed E-state index contributed by atoms with van der Waals surface area (Å²) < 4.78 is 70.0. The topological polar surface area (TPSA) is 77.5 Å². The first-order chi connectivity index (χ1) is 6.83. The molecule has 0 aromatic rings. The molecule has 5 nitrogen and oxygen atoms in total. The van der Waals surface area contributed by atoms with Crippen molar-refractivity contribution in [1.82, 2.24) is 0 Å². The smallest absolute Gasteiger partial charge is 0.216 e. The Bertz CT molecular complexity index is 392. The molecule has 0 spiro atoms. The molecule has 0 atom stereocenters. The molecule has 0 aliphatic rings. The van der Waals surface area contributed by atoms with Gasteiger partial charge in [0, 0.05) is 0 Å². The third-order valence-electron chi connectivity index (χ3n) is 0.986. The highest BCUT2D eigenvalue weighted by Gasteiger charge is 2.20. The lowest BCUT2D eigenvalue weighted by molar-refractivity contribution is 0.466. The molecule has 0 fully saturated rings. The molecule has 0 aromatic carbocycles. The van der Waals surface area contributed by atoms with E-state index in [2.05, 4.69) is 3.63 Å². The molecule has 0 saturated heterocycles. The molecule has 0 aliphatic heterocycles. The van der Waals surface area contributed by atoms with Gasteiger partial charge in [0.05, 0.1) is 24.2 Å². The first-order valence-electron chi connectivity index (χ1n) is 3.50. The van der Waals surface area contributed by atoms with Crippen LogP contribution in [-0.2, 0) is 23.9 Å². The van der Waals surface area contributed by atoms with E-state index in [1.54, 1.807) is 0 Å². The molecule has 0 heterocycles. The summed E-state index contributed by atoms with van der Waals surface area (Å²) in [6.45, 7) is 0. The maximum Gasteiger partial charge on any atom is 0.285 e. The number of rotatable bonds is 6. The minimum Gasteiger partial charge on any atom is -0.216 e. The number of hydrogen-bond acceptors (Lipinski definition) is 5. The van der Waals surface area contributed by atoms with Crippen molar-refractivity contribution in [3.63, 3.8) is 0 Å². The molecule has 88 valence electrons. The van der Waals surface area contributed by atoms with Crippen molar-refractivity contribution in [3.05, 3.63) is 24.8 Å². The summed E-state index contributed by atoms with van der Waals surface area (Å²) in [5.74, 6) is -1.83. The molecule has 0 radical (unpaired) electrons. The molecular formula is C6H8F2O5S2. The van der Waals surface area contributed by atoms with Crippen LogP contribution in [0.5, 0.6) is 0 Å². The van der Waals surface area contributed by atoms with Crippen molar-refractivity contribution in [2.24, 2.45) is 0 Å². The minimum atomic E-state index is -4.40. The van der Waals surface area contributed by atoms with Gasteiger partial charge in [-0.05, 0) is 12.2 Å². The third kappa shape index (κ3) is 7.17. The zero-order valence-corrected chi connectivity index (χ0v) is 8.97. The summed E-state index contributed by atoms with van der Waals surface area (Å²) in [6.07, 6.45) is 1.01. The van der Waals surface area contributed by atoms with Gasteiger partial charge < -0.3 is 0 Å². The standard InChI is InChI=1S/C6H8F2O5S2/c7-3-1-5-14(9,10)13-15(11,12)6-2-4-8/h1-4H,5-6H2. The van der Waals surface area contributed by atoms with Gasteiger partial charge in [-0.15, -0.1) is 3.63 Å². The molecule has 0 rings (SSSR count). The lowest BCUT2D eigenvalue weighted by atomic mass is 10.7. The van der Waals surface area contributed by atoms with Gasteiger partial charge in [-0.25, -0.2) is 8.78 Å². The van der Waals surface area contributed by atoms with Crippen LogP contribution >= 0.6 is 0 Å². The molecule has 0 aromatic heterocycles. The van der Waals surface area contributed by atoms with Crippen molar-refractivity contribution < 1.29 is 29.2 Å². The van der Waals surface area contributed by atoms with Crippen LogP contribution in [0, 0.1) is 0 Å². The lowest BCUT2D eigenvalue weighted by Crippen LogP contribution is -2.17. The monoisotopic (exact) mass is 262 g/mol. The maximum atomic E-state index is 11.4. The van der Waals surface area contributed by atoms with Gasteiger partial charge >= 0.3 is 0 Å². The molecule has 15 heavy (non-hydrogen) atoms. The Morgan fingerprint density at radius 1 is 0.867 bits per heavy atom. The first-order valence-corrected chi connectivity index (χ1v) is 6.65. The summed E-state index contributed by atoms with van der Waals surface area (Å²) in [5.41, 5.74) is 0. The van der Waals surface area contributed by atoms with E-state index in [0.717, 1.165) is 0 Å². The van der Waals surface area contributed by atoms with Crippen LogP contribution in [0.3, 0.4) is 0 Å². The Balaban J connectivity index is 4.58. The molecule has 0 amide bonds. The normalized spacial score (nSPS) is 14.0. The third-order valence-corrected chi connectivity index (χ3v) is 3.85. The molecule has 0 saturated carbocycles. The summed E-state index contributed by atoms with van der Waals surface area (Å²) in [5, 5.41) is 0. The second-order valence-corrected chi connectivity index (χ2v) is 5.68. The van der Waals surface area contributed by atoms with Crippen LogP contribution in [0.15, 0.2) is 24.8 Å². The van der Waals surface area contributed by atoms with Gasteiger partial charge in [0.15, 0.2) is 0 Å². The Morgan fingerprint density at radius 2 is 1.20 bits per heavy atom. The van der Waals surface area contributed by atoms with Crippen LogP contribution in [0.25, 0.3) is 0 Å². The summed E-state index contributed by atoms with van der Waals surface area (Å²) in [7, 11) is -8.81. The number of halogens is 2. The fourth-order valence-electron chi connectivity index (χ4n) is 0.522. The quantitative estimate of drug-likeness (QED) is 0.701. The Hall–Kier alpha value is -0.800. The highest BCUT2D eigenvalue weighted by atomic mass is 32.3.